The molecule has 0 fully saturated rings. The first-order chi connectivity index (χ1) is 7.68. The van der Waals surface area contributed by atoms with E-state index in [1.54, 1.807) is 11.3 Å². The molecular weight excluding hydrogens is 218 g/mol. The van der Waals surface area contributed by atoms with Gasteiger partial charge in [0.2, 0.25) is 0 Å². The Morgan fingerprint density at radius 3 is 2.25 bits per heavy atom. The third-order valence-electron chi connectivity index (χ3n) is 2.52. The van der Waals surface area contributed by atoms with E-state index in [-0.39, 0.29) is 12.0 Å². The molecule has 1 aromatic heterocycles. The van der Waals surface area contributed by atoms with Gasteiger partial charge in [0.25, 0.3) is 0 Å². The SMILES string of the molecule is CC(N)c1nnc(C(C)c2ccccc2)s1. The predicted molar refractivity (Wildman–Crippen MR) is 66.5 cm³/mol. The molecule has 2 N–H and O–H groups in total. The van der Waals surface area contributed by atoms with E-state index in [1.165, 1.54) is 5.56 Å². The Kier molecular flexibility index (Phi) is 3.31. The van der Waals surface area contributed by atoms with Gasteiger partial charge in [-0.3, -0.25) is 0 Å². The van der Waals surface area contributed by atoms with Gasteiger partial charge in [0, 0.05) is 5.92 Å². The zero-order valence-corrected chi connectivity index (χ0v) is 10.2. The van der Waals surface area contributed by atoms with Gasteiger partial charge in [-0.2, -0.15) is 0 Å². The zero-order valence-electron chi connectivity index (χ0n) is 9.42. The first kappa shape index (κ1) is 11.2. The predicted octanol–water partition coefficient (Wildman–Crippen LogP) is 2.71. The van der Waals surface area contributed by atoms with E-state index in [1.807, 2.05) is 25.1 Å². The summed E-state index contributed by atoms with van der Waals surface area (Å²) in [6.45, 7) is 4.07. The lowest BCUT2D eigenvalue weighted by atomic mass is 10.0. The maximum atomic E-state index is 5.77. The summed E-state index contributed by atoms with van der Waals surface area (Å²) < 4.78 is 0. The van der Waals surface area contributed by atoms with Crippen molar-refractivity contribution in [3.63, 3.8) is 0 Å². The van der Waals surface area contributed by atoms with Crippen LogP contribution in [0.4, 0.5) is 0 Å². The summed E-state index contributed by atoms with van der Waals surface area (Å²) >= 11 is 1.60. The number of benzene rings is 1. The van der Waals surface area contributed by atoms with Crippen LogP contribution in [0, 0.1) is 0 Å². The fourth-order valence-corrected chi connectivity index (χ4v) is 2.37. The highest BCUT2D eigenvalue weighted by Gasteiger charge is 2.15. The van der Waals surface area contributed by atoms with Crippen LogP contribution in [0.25, 0.3) is 0 Å². The van der Waals surface area contributed by atoms with Crippen LogP contribution < -0.4 is 5.73 Å². The average molecular weight is 233 g/mol. The number of rotatable bonds is 3. The molecule has 0 bridgehead atoms. The van der Waals surface area contributed by atoms with Crippen molar-refractivity contribution in [2.24, 2.45) is 5.73 Å². The zero-order chi connectivity index (χ0) is 11.5. The minimum atomic E-state index is -0.0331. The van der Waals surface area contributed by atoms with Gasteiger partial charge in [0.05, 0.1) is 6.04 Å². The van der Waals surface area contributed by atoms with Crippen molar-refractivity contribution in [3.05, 3.63) is 45.9 Å². The number of hydrogen-bond donors (Lipinski definition) is 1. The molecule has 0 aliphatic heterocycles. The van der Waals surface area contributed by atoms with Gasteiger partial charge in [-0.25, -0.2) is 0 Å². The maximum absolute atomic E-state index is 5.77. The van der Waals surface area contributed by atoms with Crippen molar-refractivity contribution >= 4 is 11.3 Å². The summed E-state index contributed by atoms with van der Waals surface area (Å²) in [5.41, 5.74) is 7.03. The van der Waals surface area contributed by atoms with E-state index >= 15 is 0 Å². The molecule has 2 atom stereocenters. The van der Waals surface area contributed by atoms with Gasteiger partial charge in [-0.15, -0.1) is 10.2 Å². The Morgan fingerprint density at radius 2 is 1.69 bits per heavy atom. The van der Waals surface area contributed by atoms with Crippen LogP contribution in [0.5, 0.6) is 0 Å². The molecule has 2 unspecified atom stereocenters. The van der Waals surface area contributed by atoms with Gasteiger partial charge < -0.3 is 5.73 Å². The molecule has 1 aromatic carbocycles. The van der Waals surface area contributed by atoms with Crippen molar-refractivity contribution in [2.45, 2.75) is 25.8 Å². The molecular formula is C12H15N3S. The highest BCUT2D eigenvalue weighted by molar-refractivity contribution is 7.11. The monoisotopic (exact) mass is 233 g/mol. The van der Waals surface area contributed by atoms with Gasteiger partial charge >= 0.3 is 0 Å². The summed E-state index contributed by atoms with van der Waals surface area (Å²) in [4.78, 5) is 0. The number of hydrogen-bond acceptors (Lipinski definition) is 4. The molecule has 16 heavy (non-hydrogen) atoms. The third-order valence-corrected chi connectivity index (χ3v) is 3.82. The molecule has 2 aromatic rings. The van der Waals surface area contributed by atoms with Gasteiger partial charge in [0.15, 0.2) is 0 Å². The van der Waals surface area contributed by atoms with E-state index in [9.17, 15) is 0 Å². The Hall–Kier alpha value is -1.26. The van der Waals surface area contributed by atoms with Crippen LogP contribution in [-0.2, 0) is 0 Å². The molecule has 4 heteroatoms. The summed E-state index contributed by atoms with van der Waals surface area (Å²) in [5, 5.41) is 10.2. The second-order valence-electron chi connectivity index (χ2n) is 3.90. The van der Waals surface area contributed by atoms with Gasteiger partial charge in [-0.05, 0) is 12.5 Å². The van der Waals surface area contributed by atoms with Crippen molar-refractivity contribution < 1.29 is 0 Å². The summed E-state index contributed by atoms with van der Waals surface area (Å²) in [7, 11) is 0. The highest BCUT2D eigenvalue weighted by atomic mass is 32.1. The van der Waals surface area contributed by atoms with Crippen molar-refractivity contribution in [1.29, 1.82) is 0 Å². The van der Waals surface area contributed by atoms with E-state index in [4.69, 9.17) is 5.73 Å². The van der Waals surface area contributed by atoms with E-state index in [0.29, 0.717) is 0 Å². The lowest BCUT2D eigenvalue weighted by Gasteiger charge is -2.06. The summed E-state index contributed by atoms with van der Waals surface area (Å²) in [5.74, 6) is 0.284. The summed E-state index contributed by atoms with van der Waals surface area (Å²) in [6, 6.07) is 10.3. The fourth-order valence-electron chi connectivity index (χ4n) is 1.49. The quantitative estimate of drug-likeness (QED) is 0.886. The smallest absolute Gasteiger partial charge is 0.133 e. The van der Waals surface area contributed by atoms with Crippen LogP contribution in [0.3, 0.4) is 0 Å². The molecule has 0 spiro atoms. The molecule has 0 radical (unpaired) electrons. The first-order valence-electron chi connectivity index (χ1n) is 5.32. The van der Waals surface area contributed by atoms with Crippen molar-refractivity contribution in [2.75, 3.05) is 0 Å². The number of nitrogens with zero attached hydrogens (tertiary/aromatic N) is 2. The number of aromatic nitrogens is 2. The molecule has 0 aliphatic carbocycles. The molecule has 0 saturated heterocycles. The molecule has 1 heterocycles. The topological polar surface area (TPSA) is 51.8 Å². The van der Waals surface area contributed by atoms with Crippen LogP contribution >= 0.6 is 11.3 Å². The Balaban J connectivity index is 2.24. The minimum absolute atomic E-state index is 0.0331. The fraction of sp³-hybridized carbons (Fsp3) is 0.333. The van der Waals surface area contributed by atoms with E-state index in [0.717, 1.165) is 10.0 Å². The van der Waals surface area contributed by atoms with E-state index < -0.39 is 0 Å². The third kappa shape index (κ3) is 2.28. The molecule has 0 aliphatic rings. The lowest BCUT2D eigenvalue weighted by molar-refractivity contribution is 0.775. The Labute approximate surface area is 99.3 Å². The highest BCUT2D eigenvalue weighted by Crippen LogP contribution is 2.27. The molecule has 84 valence electrons. The molecule has 3 nitrogen and oxygen atoms in total. The van der Waals surface area contributed by atoms with Crippen LogP contribution in [0.15, 0.2) is 30.3 Å². The van der Waals surface area contributed by atoms with Gasteiger partial charge in [-0.1, -0.05) is 48.6 Å². The number of nitrogens with two attached hydrogens (primary N) is 1. The normalized spacial score (nSPS) is 14.7. The largest absolute Gasteiger partial charge is 0.322 e. The van der Waals surface area contributed by atoms with Crippen molar-refractivity contribution in [3.8, 4) is 0 Å². The van der Waals surface area contributed by atoms with Crippen LogP contribution in [-0.4, -0.2) is 10.2 Å². The second-order valence-corrected chi connectivity index (χ2v) is 4.94. The molecule has 2 rings (SSSR count). The minimum Gasteiger partial charge on any atom is -0.322 e. The average Bonchev–Trinajstić information content (AvgIpc) is 2.78. The standard InChI is InChI=1S/C12H15N3S/c1-8(10-6-4-3-5-7-10)11-14-15-12(16-11)9(2)13/h3-9H,13H2,1-2H3. The van der Waals surface area contributed by atoms with Crippen LogP contribution in [0.2, 0.25) is 0 Å². The summed E-state index contributed by atoms with van der Waals surface area (Å²) in [6.07, 6.45) is 0. The molecule has 0 saturated carbocycles. The maximum Gasteiger partial charge on any atom is 0.133 e. The lowest BCUT2D eigenvalue weighted by Crippen LogP contribution is -2.03. The van der Waals surface area contributed by atoms with Crippen LogP contribution in [0.1, 0.15) is 41.4 Å². The van der Waals surface area contributed by atoms with Gasteiger partial charge in [0.1, 0.15) is 10.0 Å². The van der Waals surface area contributed by atoms with Crippen molar-refractivity contribution in [1.82, 2.24) is 10.2 Å². The Bertz CT molecular complexity index is 450. The van der Waals surface area contributed by atoms with E-state index in [2.05, 4.69) is 29.3 Å². The molecule has 0 amide bonds. The second kappa shape index (κ2) is 4.72. The Morgan fingerprint density at radius 1 is 1.06 bits per heavy atom. The first-order valence-corrected chi connectivity index (χ1v) is 6.14.